The Morgan fingerprint density at radius 3 is 3.00 bits per heavy atom. The third-order valence-corrected chi connectivity index (χ3v) is 2.23. The van der Waals surface area contributed by atoms with E-state index in [0.717, 1.165) is 19.6 Å². The van der Waals surface area contributed by atoms with Gasteiger partial charge < -0.3 is 14.8 Å². The molecule has 0 fully saturated rings. The van der Waals surface area contributed by atoms with Gasteiger partial charge >= 0.3 is 0 Å². The minimum absolute atomic E-state index is 0.0588. The normalized spacial score (nSPS) is 10.3. The second-order valence-corrected chi connectivity index (χ2v) is 3.44. The van der Waals surface area contributed by atoms with Crippen molar-refractivity contribution in [3.8, 4) is 0 Å². The number of hydrogen-bond acceptors (Lipinski definition) is 4. The summed E-state index contributed by atoms with van der Waals surface area (Å²) in [5.41, 5.74) is -0.0588. The molecule has 5 heteroatoms. The van der Waals surface area contributed by atoms with E-state index in [2.05, 4.69) is 17.2 Å². The van der Waals surface area contributed by atoms with Gasteiger partial charge in [0.1, 0.15) is 0 Å². The van der Waals surface area contributed by atoms with Crippen LogP contribution in [-0.2, 0) is 7.05 Å². The number of aromatic nitrogens is 2. The fraction of sp³-hybridized carbons (Fsp3) is 0.600. The van der Waals surface area contributed by atoms with Gasteiger partial charge in [-0.3, -0.25) is 4.79 Å². The van der Waals surface area contributed by atoms with Crippen molar-refractivity contribution in [2.24, 2.45) is 7.05 Å². The maximum absolute atomic E-state index is 11.7. The van der Waals surface area contributed by atoms with Crippen molar-refractivity contribution in [3.63, 3.8) is 0 Å². The fourth-order valence-corrected chi connectivity index (χ4v) is 1.28. The highest BCUT2D eigenvalue weighted by Crippen LogP contribution is 1.98. The lowest BCUT2D eigenvalue weighted by Crippen LogP contribution is -2.34. The van der Waals surface area contributed by atoms with Crippen LogP contribution in [-0.4, -0.2) is 36.2 Å². The Balaban J connectivity index is 2.69. The average molecular weight is 210 g/mol. The van der Waals surface area contributed by atoms with E-state index >= 15 is 0 Å². The molecule has 1 N–H and O–H groups in total. The first kappa shape index (κ1) is 11.7. The lowest BCUT2D eigenvalue weighted by atomic mass is 10.5. The Hall–Kier alpha value is -1.36. The second kappa shape index (κ2) is 5.50. The maximum atomic E-state index is 11.7. The maximum Gasteiger partial charge on any atom is 0.293 e. The van der Waals surface area contributed by atoms with Crippen LogP contribution in [0.5, 0.6) is 0 Å². The minimum Gasteiger partial charge on any atom is -0.354 e. The smallest absolute Gasteiger partial charge is 0.293 e. The van der Waals surface area contributed by atoms with Gasteiger partial charge in [-0.15, -0.1) is 0 Å². The molecule has 0 aromatic carbocycles. The molecule has 5 nitrogen and oxygen atoms in total. The minimum atomic E-state index is -0.0588. The predicted molar refractivity (Wildman–Crippen MR) is 61.3 cm³/mol. The first-order valence-electron chi connectivity index (χ1n) is 5.10. The molecule has 84 valence electrons. The van der Waals surface area contributed by atoms with Crippen molar-refractivity contribution in [2.45, 2.75) is 6.92 Å². The average Bonchev–Trinajstić information content (AvgIpc) is 2.22. The number of aryl methyl sites for hydroxylation is 1. The van der Waals surface area contributed by atoms with Gasteiger partial charge in [-0.1, -0.05) is 6.92 Å². The summed E-state index contributed by atoms with van der Waals surface area (Å²) in [5, 5.41) is 3.20. The molecule has 0 saturated heterocycles. The zero-order chi connectivity index (χ0) is 11.3. The van der Waals surface area contributed by atoms with Crippen LogP contribution >= 0.6 is 0 Å². The Kier molecular flexibility index (Phi) is 4.30. The highest BCUT2D eigenvalue weighted by atomic mass is 16.1. The summed E-state index contributed by atoms with van der Waals surface area (Å²) < 4.78 is 1.53. The molecule has 1 aromatic rings. The summed E-state index contributed by atoms with van der Waals surface area (Å²) in [7, 11) is 3.60. The fourth-order valence-electron chi connectivity index (χ4n) is 1.28. The van der Waals surface area contributed by atoms with Gasteiger partial charge in [0.15, 0.2) is 5.82 Å². The van der Waals surface area contributed by atoms with Gasteiger partial charge in [-0.25, -0.2) is 4.98 Å². The number of nitrogens with zero attached hydrogens (tertiary/aromatic N) is 3. The van der Waals surface area contributed by atoms with Gasteiger partial charge in [-0.2, -0.15) is 0 Å². The summed E-state index contributed by atoms with van der Waals surface area (Å²) in [4.78, 5) is 17.6. The Morgan fingerprint density at radius 1 is 1.60 bits per heavy atom. The van der Waals surface area contributed by atoms with Crippen molar-refractivity contribution in [1.82, 2.24) is 14.9 Å². The van der Waals surface area contributed by atoms with Crippen molar-refractivity contribution in [2.75, 3.05) is 31.6 Å². The number of hydrogen-bond donors (Lipinski definition) is 1. The van der Waals surface area contributed by atoms with E-state index in [0.29, 0.717) is 5.82 Å². The van der Waals surface area contributed by atoms with E-state index in [1.807, 2.05) is 11.9 Å². The van der Waals surface area contributed by atoms with Gasteiger partial charge in [-0.05, 0) is 6.54 Å². The van der Waals surface area contributed by atoms with Crippen molar-refractivity contribution < 1.29 is 0 Å². The lowest BCUT2D eigenvalue weighted by molar-refractivity contribution is 0.696. The molecule has 0 amide bonds. The second-order valence-electron chi connectivity index (χ2n) is 3.44. The first-order valence-corrected chi connectivity index (χ1v) is 5.10. The third kappa shape index (κ3) is 3.06. The van der Waals surface area contributed by atoms with Crippen LogP contribution in [0, 0.1) is 0 Å². The Morgan fingerprint density at radius 2 is 2.33 bits per heavy atom. The number of likely N-dealkylation sites (N-methyl/N-ethyl adjacent to an activating group) is 2. The molecule has 15 heavy (non-hydrogen) atoms. The quantitative estimate of drug-likeness (QED) is 0.685. The largest absolute Gasteiger partial charge is 0.354 e. The number of nitrogens with one attached hydrogen (secondary N) is 1. The highest BCUT2D eigenvalue weighted by Gasteiger charge is 2.07. The summed E-state index contributed by atoms with van der Waals surface area (Å²) in [5.74, 6) is 0.498. The standard InChI is InChI=1S/C10H18N4O/c1-4-11-5-7-13(2)9-10(15)14(3)8-6-12-9/h6,8,11H,4-5,7H2,1-3H3. The molecule has 0 radical (unpaired) electrons. The monoisotopic (exact) mass is 210 g/mol. The summed E-state index contributed by atoms with van der Waals surface area (Å²) in [6.45, 7) is 4.63. The van der Waals surface area contributed by atoms with E-state index < -0.39 is 0 Å². The van der Waals surface area contributed by atoms with Crippen LogP contribution in [0.2, 0.25) is 0 Å². The summed E-state index contributed by atoms with van der Waals surface area (Å²) in [6.07, 6.45) is 3.30. The predicted octanol–water partition coefficient (Wildman–Crippen LogP) is -0.174. The van der Waals surface area contributed by atoms with E-state index in [9.17, 15) is 4.79 Å². The SMILES string of the molecule is CCNCCN(C)c1nccn(C)c1=O. The molecular formula is C10H18N4O. The van der Waals surface area contributed by atoms with Crippen LogP contribution in [0.3, 0.4) is 0 Å². The van der Waals surface area contributed by atoms with Crippen molar-refractivity contribution >= 4 is 5.82 Å². The molecule has 0 spiro atoms. The van der Waals surface area contributed by atoms with Gasteiger partial charge in [0, 0.05) is 39.6 Å². The van der Waals surface area contributed by atoms with Crippen molar-refractivity contribution in [1.29, 1.82) is 0 Å². The molecule has 1 rings (SSSR count). The van der Waals surface area contributed by atoms with Crippen molar-refractivity contribution in [3.05, 3.63) is 22.7 Å². The number of anilines is 1. The van der Waals surface area contributed by atoms with Crippen LogP contribution in [0.1, 0.15) is 6.92 Å². The lowest BCUT2D eigenvalue weighted by Gasteiger charge is -2.17. The molecule has 1 heterocycles. The van der Waals surface area contributed by atoms with Gasteiger partial charge in [0.2, 0.25) is 0 Å². The van der Waals surface area contributed by atoms with E-state index in [1.54, 1.807) is 19.4 Å². The molecule has 0 aliphatic carbocycles. The van der Waals surface area contributed by atoms with Crippen LogP contribution in [0.4, 0.5) is 5.82 Å². The molecule has 0 aliphatic heterocycles. The molecule has 0 bridgehead atoms. The highest BCUT2D eigenvalue weighted by molar-refractivity contribution is 5.33. The van der Waals surface area contributed by atoms with E-state index in [-0.39, 0.29) is 5.56 Å². The summed E-state index contributed by atoms with van der Waals surface area (Å²) >= 11 is 0. The zero-order valence-electron chi connectivity index (χ0n) is 9.53. The Bertz CT molecular complexity index is 361. The molecule has 0 unspecified atom stereocenters. The Labute approximate surface area is 89.7 Å². The van der Waals surface area contributed by atoms with Crippen LogP contribution < -0.4 is 15.8 Å². The summed E-state index contributed by atoms with van der Waals surface area (Å²) in [6, 6.07) is 0. The van der Waals surface area contributed by atoms with Gasteiger partial charge in [0.05, 0.1) is 0 Å². The zero-order valence-corrected chi connectivity index (χ0v) is 9.53. The molecule has 0 aliphatic rings. The molecule has 0 saturated carbocycles. The van der Waals surface area contributed by atoms with E-state index in [1.165, 1.54) is 4.57 Å². The van der Waals surface area contributed by atoms with E-state index in [4.69, 9.17) is 0 Å². The van der Waals surface area contributed by atoms with Crippen LogP contribution in [0.15, 0.2) is 17.2 Å². The third-order valence-electron chi connectivity index (χ3n) is 2.23. The molecular weight excluding hydrogens is 192 g/mol. The topological polar surface area (TPSA) is 50.2 Å². The van der Waals surface area contributed by atoms with Gasteiger partial charge in [0.25, 0.3) is 5.56 Å². The molecule has 0 atom stereocenters. The van der Waals surface area contributed by atoms with Crippen LogP contribution in [0.25, 0.3) is 0 Å². The number of rotatable bonds is 5. The molecule has 1 aromatic heterocycles. The first-order chi connectivity index (χ1) is 7.16.